The summed E-state index contributed by atoms with van der Waals surface area (Å²) in [7, 11) is 0. The number of thioether (sulfide) groups is 1. The van der Waals surface area contributed by atoms with Crippen LogP contribution in [0.5, 0.6) is 5.75 Å². The zero-order valence-corrected chi connectivity index (χ0v) is 15.7. The lowest BCUT2D eigenvalue weighted by atomic mass is 10.1. The number of benzene rings is 1. The van der Waals surface area contributed by atoms with Crippen molar-refractivity contribution in [1.82, 2.24) is 19.9 Å². The van der Waals surface area contributed by atoms with Crippen LogP contribution in [0.4, 0.5) is 0 Å². The van der Waals surface area contributed by atoms with E-state index in [0.29, 0.717) is 12.2 Å². The van der Waals surface area contributed by atoms with Crippen LogP contribution in [0.15, 0.2) is 48.7 Å². The van der Waals surface area contributed by atoms with Gasteiger partial charge in [-0.05, 0) is 61.8 Å². The number of carbonyl (C=O) groups is 1. The molecule has 1 aromatic carbocycles. The minimum absolute atomic E-state index is 0.133. The van der Waals surface area contributed by atoms with E-state index in [2.05, 4.69) is 15.5 Å². The van der Waals surface area contributed by atoms with E-state index in [9.17, 15) is 4.79 Å². The smallest absolute Gasteiger partial charge is 0.251 e. The maximum absolute atomic E-state index is 12.7. The molecule has 26 heavy (non-hydrogen) atoms. The normalized spacial score (nSPS) is 12.1. The fourth-order valence-electron chi connectivity index (χ4n) is 2.71. The quantitative estimate of drug-likeness (QED) is 0.658. The molecule has 3 rings (SSSR count). The predicted molar refractivity (Wildman–Crippen MR) is 104 cm³/mol. The van der Waals surface area contributed by atoms with Crippen LogP contribution in [-0.4, -0.2) is 39.1 Å². The summed E-state index contributed by atoms with van der Waals surface area (Å²) in [6, 6.07) is 12.7. The topological polar surface area (TPSA) is 68.5 Å². The highest BCUT2D eigenvalue weighted by atomic mass is 32.2. The van der Waals surface area contributed by atoms with Crippen molar-refractivity contribution in [3.05, 3.63) is 60.0 Å². The van der Waals surface area contributed by atoms with Crippen LogP contribution in [0, 0.1) is 0 Å². The van der Waals surface area contributed by atoms with Crippen molar-refractivity contribution >= 4 is 23.3 Å². The van der Waals surface area contributed by atoms with Gasteiger partial charge in [-0.15, -0.1) is 10.2 Å². The summed E-state index contributed by atoms with van der Waals surface area (Å²) in [5.41, 5.74) is 1.36. The lowest BCUT2D eigenvalue weighted by Gasteiger charge is -2.17. The van der Waals surface area contributed by atoms with Gasteiger partial charge in [0.05, 0.1) is 12.6 Å². The van der Waals surface area contributed by atoms with Gasteiger partial charge < -0.3 is 10.1 Å². The molecule has 0 saturated heterocycles. The van der Waals surface area contributed by atoms with E-state index in [1.807, 2.05) is 54.1 Å². The van der Waals surface area contributed by atoms with Gasteiger partial charge in [0.25, 0.3) is 5.91 Å². The fraction of sp³-hybridized carbons (Fsp3) is 0.316. The van der Waals surface area contributed by atoms with Gasteiger partial charge in [0.2, 0.25) is 0 Å². The molecule has 0 aliphatic carbocycles. The Morgan fingerprint density at radius 3 is 2.77 bits per heavy atom. The molecule has 1 atom stereocenters. The number of carbonyl (C=O) groups excluding carboxylic acids is 1. The molecule has 3 aromatic rings. The minimum atomic E-state index is -0.209. The van der Waals surface area contributed by atoms with Gasteiger partial charge in [-0.2, -0.15) is 11.8 Å². The molecular formula is C19H22N4O2S. The number of hydrogen-bond acceptors (Lipinski definition) is 5. The van der Waals surface area contributed by atoms with Gasteiger partial charge in [-0.1, -0.05) is 6.07 Å². The summed E-state index contributed by atoms with van der Waals surface area (Å²) in [6.45, 7) is 2.53. The third kappa shape index (κ3) is 4.16. The molecule has 136 valence electrons. The number of rotatable bonds is 8. The number of nitrogens with one attached hydrogen (secondary N) is 1. The molecule has 0 spiro atoms. The summed E-state index contributed by atoms with van der Waals surface area (Å²) < 4.78 is 7.35. The largest absolute Gasteiger partial charge is 0.494 e. The molecule has 0 aliphatic rings. The van der Waals surface area contributed by atoms with Crippen LogP contribution in [0.2, 0.25) is 0 Å². The second-order valence-corrected chi connectivity index (χ2v) is 6.74. The molecule has 7 heteroatoms. The van der Waals surface area contributed by atoms with Crippen LogP contribution in [0.25, 0.3) is 5.65 Å². The third-order valence-corrected chi connectivity index (χ3v) is 4.64. The third-order valence-electron chi connectivity index (χ3n) is 4.00. The lowest BCUT2D eigenvalue weighted by molar-refractivity contribution is 0.0933. The van der Waals surface area contributed by atoms with Gasteiger partial charge in [0.15, 0.2) is 11.5 Å². The summed E-state index contributed by atoms with van der Waals surface area (Å²) >= 11 is 1.74. The molecular weight excluding hydrogens is 348 g/mol. The standard InChI is InChI=1S/C19H22N4O2S/c1-3-25-15-9-7-14(8-10-15)19(24)20-16(11-13-26-2)18-22-21-17-6-4-5-12-23(17)18/h4-10,12,16H,3,11,13H2,1-2H3,(H,20,24). The van der Waals surface area contributed by atoms with Gasteiger partial charge in [0.1, 0.15) is 5.75 Å². The number of ether oxygens (including phenoxy) is 1. The van der Waals surface area contributed by atoms with Gasteiger partial charge >= 0.3 is 0 Å². The SMILES string of the molecule is CCOc1ccc(C(=O)NC(CCSC)c2nnc3ccccn23)cc1. The van der Waals surface area contributed by atoms with E-state index in [1.165, 1.54) is 0 Å². The van der Waals surface area contributed by atoms with Crippen LogP contribution < -0.4 is 10.1 Å². The molecule has 0 fully saturated rings. The zero-order valence-electron chi connectivity index (χ0n) is 14.9. The Morgan fingerprint density at radius 1 is 1.23 bits per heavy atom. The second kappa shape index (κ2) is 8.71. The molecule has 0 bridgehead atoms. The Kier molecular flexibility index (Phi) is 6.12. The molecule has 1 amide bonds. The average molecular weight is 370 g/mol. The maximum Gasteiger partial charge on any atom is 0.251 e. The Bertz CT molecular complexity index is 863. The average Bonchev–Trinajstić information content (AvgIpc) is 3.10. The second-order valence-electron chi connectivity index (χ2n) is 5.75. The first-order valence-electron chi connectivity index (χ1n) is 8.55. The van der Waals surface area contributed by atoms with Crippen molar-refractivity contribution in [2.24, 2.45) is 0 Å². The van der Waals surface area contributed by atoms with Crippen LogP contribution >= 0.6 is 11.8 Å². The van der Waals surface area contributed by atoms with Crippen LogP contribution in [-0.2, 0) is 0 Å². The van der Waals surface area contributed by atoms with Crippen LogP contribution in [0.3, 0.4) is 0 Å². The summed E-state index contributed by atoms with van der Waals surface area (Å²) in [4.78, 5) is 12.7. The molecule has 6 nitrogen and oxygen atoms in total. The molecule has 2 aromatic heterocycles. The van der Waals surface area contributed by atoms with Crippen LogP contribution in [0.1, 0.15) is 35.6 Å². The first-order valence-corrected chi connectivity index (χ1v) is 9.94. The summed E-state index contributed by atoms with van der Waals surface area (Å²) in [6.07, 6.45) is 4.74. The van der Waals surface area contributed by atoms with Crippen molar-refractivity contribution in [3.8, 4) is 5.75 Å². The van der Waals surface area contributed by atoms with Gasteiger partial charge in [-0.3, -0.25) is 9.20 Å². The molecule has 2 heterocycles. The number of pyridine rings is 1. The van der Waals surface area contributed by atoms with E-state index >= 15 is 0 Å². The highest BCUT2D eigenvalue weighted by molar-refractivity contribution is 7.98. The van der Waals surface area contributed by atoms with Crippen molar-refractivity contribution in [3.63, 3.8) is 0 Å². The number of aromatic nitrogens is 3. The van der Waals surface area contributed by atoms with E-state index < -0.39 is 0 Å². The highest BCUT2D eigenvalue weighted by Crippen LogP contribution is 2.19. The number of nitrogens with zero attached hydrogens (tertiary/aromatic N) is 3. The maximum atomic E-state index is 12.7. The van der Waals surface area contributed by atoms with Crippen molar-refractivity contribution in [2.75, 3.05) is 18.6 Å². The molecule has 1 unspecified atom stereocenters. The summed E-state index contributed by atoms with van der Waals surface area (Å²) in [5, 5.41) is 11.6. The van der Waals surface area contributed by atoms with Gasteiger partial charge in [-0.25, -0.2) is 0 Å². The Morgan fingerprint density at radius 2 is 2.04 bits per heavy atom. The molecule has 1 N–H and O–H groups in total. The number of fused-ring (bicyclic) bond motifs is 1. The molecule has 0 saturated carbocycles. The zero-order chi connectivity index (χ0) is 18.4. The highest BCUT2D eigenvalue weighted by Gasteiger charge is 2.20. The number of amides is 1. The fourth-order valence-corrected chi connectivity index (χ4v) is 3.18. The first kappa shape index (κ1) is 18.3. The minimum Gasteiger partial charge on any atom is -0.494 e. The van der Waals surface area contributed by atoms with Crippen molar-refractivity contribution in [1.29, 1.82) is 0 Å². The Hall–Kier alpha value is -2.54. The van der Waals surface area contributed by atoms with E-state index in [4.69, 9.17) is 4.74 Å². The lowest BCUT2D eigenvalue weighted by Crippen LogP contribution is -2.30. The van der Waals surface area contributed by atoms with Crippen molar-refractivity contribution < 1.29 is 9.53 Å². The molecule has 0 radical (unpaired) electrons. The Labute approximate surface area is 157 Å². The first-order chi connectivity index (χ1) is 12.7. The Balaban J connectivity index is 1.80. The monoisotopic (exact) mass is 370 g/mol. The molecule has 0 aliphatic heterocycles. The van der Waals surface area contributed by atoms with Gasteiger partial charge in [0, 0.05) is 11.8 Å². The van der Waals surface area contributed by atoms with Crippen molar-refractivity contribution in [2.45, 2.75) is 19.4 Å². The number of hydrogen-bond donors (Lipinski definition) is 1. The van der Waals surface area contributed by atoms with E-state index in [0.717, 1.165) is 29.4 Å². The van der Waals surface area contributed by atoms with E-state index in [-0.39, 0.29) is 11.9 Å². The predicted octanol–water partition coefficient (Wildman–Crippen LogP) is 3.35. The summed E-state index contributed by atoms with van der Waals surface area (Å²) in [5.74, 6) is 2.28. The van der Waals surface area contributed by atoms with E-state index in [1.54, 1.807) is 23.9 Å².